The van der Waals surface area contributed by atoms with Crippen LogP contribution < -0.4 is 5.32 Å². The van der Waals surface area contributed by atoms with Crippen LogP contribution in [0.3, 0.4) is 0 Å². The summed E-state index contributed by atoms with van der Waals surface area (Å²) in [6.45, 7) is 0.818. The van der Waals surface area contributed by atoms with Crippen LogP contribution in [0.15, 0.2) is 24.5 Å². The number of aromatic nitrogens is 3. The van der Waals surface area contributed by atoms with Crippen molar-refractivity contribution in [2.24, 2.45) is 0 Å². The van der Waals surface area contributed by atoms with Gasteiger partial charge in [0, 0.05) is 24.5 Å². The molecule has 0 saturated heterocycles. The molecule has 2 aromatic heterocycles. The third-order valence-corrected chi connectivity index (χ3v) is 3.88. The molecule has 1 atom stereocenters. The third kappa shape index (κ3) is 3.16. The summed E-state index contributed by atoms with van der Waals surface area (Å²) in [4.78, 5) is 7.62. The Balaban J connectivity index is 2.32. The molecule has 1 N–H and O–H groups in total. The number of hydrogen-bond donors (Lipinski definition) is 1. The number of anilines is 1. The highest BCUT2D eigenvalue weighted by Crippen LogP contribution is 2.39. The molecule has 11 heteroatoms. The SMILES string of the molecule is CC(Nc1c(-c2c(F)cc(F)cc2F)c(Cl)nc2nccn12)C(F)(F)F. The Hall–Kier alpha value is -2.49. The van der Waals surface area contributed by atoms with E-state index in [1.807, 2.05) is 0 Å². The molecule has 1 unspecified atom stereocenters. The minimum Gasteiger partial charge on any atom is -0.359 e. The van der Waals surface area contributed by atoms with E-state index in [9.17, 15) is 26.3 Å². The Labute approximate surface area is 147 Å². The fourth-order valence-corrected chi connectivity index (χ4v) is 2.61. The number of imidazole rings is 1. The molecule has 3 rings (SSSR count). The molecular weight excluding hydrogens is 386 g/mol. The molecule has 3 aromatic rings. The molecule has 0 aliphatic carbocycles. The van der Waals surface area contributed by atoms with Crippen LogP contribution in [0.2, 0.25) is 5.15 Å². The lowest BCUT2D eigenvalue weighted by atomic mass is 10.1. The van der Waals surface area contributed by atoms with E-state index in [4.69, 9.17) is 11.6 Å². The van der Waals surface area contributed by atoms with Gasteiger partial charge in [-0.05, 0) is 6.92 Å². The summed E-state index contributed by atoms with van der Waals surface area (Å²) >= 11 is 5.97. The molecule has 0 saturated carbocycles. The van der Waals surface area contributed by atoms with E-state index in [1.54, 1.807) is 0 Å². The minimum absolute atomic E-state index is 0.0847. The zero-order chi connectivity index (χ0) is 19.2. The lowest BCUT2D eigenvalue weighted by molar-refractivity contribution is -0.138. The number of rotatable bonds is 3. The van der Waals surface area contributed by atoms with Crippen LogP contribution in [0.4, 0.5) is 32.2 Å². The van der Waals surface area contributed by atoms with Gasteiger partial charge in [0.15, 0.2) is 0 Å². The van der Waals surface area contributed by atoms with E-state index >= 15 is 0 Å². The number of alkyl halides is 3. The number of fused-ring (bicyclic) bond motifs is 1. The number of nitrogens with one attached hydrogen (secondary N) is 1. The zero-order valence-electron chi connectivity index (χ0n) is 12.9. The van der Waals surface area contributed by atoms with Gasteiger partial charge in [0.25, 0.3) is 0 Å². The van der Waals surface area contributed by atoms with Crippen molar-refractivity contribution in [2.45, 2.75) is 19.1 Å². The van der Waals surface area contributed by atoms with E-state index in [-0.39, 0.29) is 11.6 Å². The van der Waals surface area contributed by atoms with Crippen molar-refractivity contribution in [3.63, 3.8) is 0 Å². The van der Waals surface area contributed by atoms with Crippen LogP contribution in [-0.2, 0) is 0 Å². The maximum atomic E-state index is 14.2. The molecule has 0 bridgehead atoms. The van der Waals surface area contributed by atoms with Crippen molar-refractivity contribution >= 4 is 23.2 Å². The summed E-state index contributed by atoms with van der Waals surface area (Å²) in [5.74, 6) is -4.33. The van der Waals surface area contributed by atoms with E-state index in [1.165, 1.54) is 12.4 Å². The molecular formula is C15H9ClF6N4. The lowest BCUT2D eigenvalue weighted by Crippen LogP contribution is -2.34. The molecule has 0 aliphatic rings. The monoisotopic (exact) mass is 394 g/mol. The van der Waals surface area contributed by atoms with E-state index in [0.717, 1.165) is 11.3 Å². The van der Waals surface area contributed by atoms with Crippen LogP contribution in [0.5, 0.6) is 0 Å². The summed E-state index contributed by atoms with van der Waals surface area (Å²) < 4.78 is 81.6. The standard InChI is InChI=1S/C15H9ClF6N4/c1-6(15(20,21)22)24-13-11(10-8(18)4-7(17)5-9(10)19)12(16)25-14-23-2-3-26(13)14/h2-6,24H,1H3. The topological polar surface area (TPSA) is 42.2 Å². The lowest BCUT2D eigenvalue weighted by Gasteiger charge is -2.22. The fraction of sp³-hybridized carbons (Fsp3) is 0.200. The number of halogens is 7. The van der Waals surface area contributed by atoms with Gasteiger partial charge in [-0.15, -0.1) is 0 Å². The van der Waals surface area contributed by atoms with Crippen LogP contribution in [0, 0.1) is 17.5 Å². The van der Waals surface area contributed by atoms with Crippen LogP contribution >= 0.6 is 11.6 Å². The molecule has 2 heterocycles. The minimum atomic E-state index is -4.65. The average molecular weight is 395 g/mol. The van der Waals surface area contributed by atoms with Crippen molar-refractivity contribution in [1.29, 1.82) is 0 Å². The van der Waals surface area contributed by atoms with Crippen LogP contribution in [0.1, 0.15) is 6.92 Å². The largest absolute Gasteiger partial charge is 0.408 e. The van der Waals surface area contributed by atoms with Gasteiger partial charge in [0.2, 0.25) is 5.78 Å². The Morgan fingerprint density at radius 2 is 1.73 bits per heavy atom. The highest BCUT2D eigenvalue weighted by molar-refractivity contribution is 6.33. The first kappa shape index (κ1) is 18.3. The van der Waals surface area contributed by atoms with E-state index in [0.29, 0.717) is 12.1 Å². The maximum Gasteiger partial charge on any atom is 0.408 e. The molecule has 0 amide bonds. The van der Waals surface area contributed by atoms with Gasteiger partial charge in [0.1, 0.15) is 34.5 Å². The van der Waals surface area contributed by atoms with E-state index < -0.39 is 45.9 Å². The van der Waals surface area contributed by atoms with Crippen molar-refractivity contribution in [3.05, 3.63) is 47.1 Å². The predicted molar refractivity (Wildman–Crippen MR) is 82.4 cm³/mol. The molecule has 138 valence electrons. The van der Waals surface area contributed by atoms with Gasteiger partial charge < -0.3 is 5.32 Å². The Bertz CT molecular complexity index is 961. The van der Waals surface area contributed by atoms with Crippen molar-refractivity contribution < 1.29 is 26.3 Å². The average Bonchev–Trinajstić information content (AvgIpc) is 2.95. The molecule has 4 nitrogen and oxygen atoms in total. The molecule has 0 fully saturated rings. The second kappa shape index (κ2) is 6.35. The Morgan fingerprint density at radius 1 is 1.12 bits per heavy atom. The molecule has 26 heavy (non-hydrogen) atoms. The third-order valence-electron chi connectivity index (χ3n) is 3.60. The second-order valence-corrected chi connectivity index (χ2v) is 5.73. The predicted octanol–water partition coefficient (Wildman–Crippen LogP) is 4.83. The van der Waals surface area contributed by atoms with Gasteiger partial charge in [-0.1, -0.05) is 11.6 Å². The number of benzene rings is 1. The first-order valence-electron chi connectivity index (χ1n) is 7.10. The second-order valence-electron chi connectivity index (χ2n) is 5.38. The van der Waals surface area contributed by atoms with Gasteiger partial charge in [0.05, 0.1) is 11.1 Å². The van der Waals surface area contributed by atoms with Crippen molar-refractivity contribution in [2.75, 3.05) is 5.32 Å². The van der Waals surface area contributed by atoms with Crippen LogP contribution in [0.25, 0.3) is 16.9 Å². The van der Waals surface area contributed by atoms with Crippen LogP contribution in [-0.4, -0.2) is 26.6 Å². The van der Waals surface area contributed by atoms with Gasteiger partial charge in [-0.3, -0.25) is 4.40 Å². The zero-order valence-corrected chi connectivity index (χ0v) is 13.6. The normalized spacial score (nSPS) is 13.2. The smallest absolute Gasteiger partial charge is 0.359 e. The number of nitrogens with zero attached hydrogens (tertiary/aromatic N) is 3. The summed E-state index contributed by atoms with van der Waals surface area (Å²) in [5.41, 5.74) is -1.29. The molecule has 0 radical (unpaired) electrons. The first-order valence-corrected chi connectivity index (χ1v) is 7.48. The Kier molecular flexibility index (Phi) is 4.47. The van der Waals surface area contributed by atoms with Crippen molar-refractivity contribution in [1.82, 2.24) is 14.4 Å². The molecule has 0 aliphatic heterocycles. The Morgan fingerprint density at radius 3 is 2.31 bits per heavy atom. The quantitative estimate of drug-likeness (QED) is 0.511. The summed E-state index contributed by atoms with van der Waals surface area (Å²) in [6.07, 6.45) is -2.18. The van der Waals surface area contributed by atoms with Gasteiger partial charge >= 0.3 is 6.18 Å². The summed E-state index contributed by atoms with van der Waals surface area (Å²) in [6, 6.07) is -1.30. The molecule has 0 spiro atoms. The molecule has 1 aromatic carbocycles. The highest BCUT2D eigenvalue weighted by atomic mass is 35.5. The number of hydrogen-bond acceptors (Lipinski definition) is 3. The maximum absolute atomic E-state index is 14.2. The fourth-order valence-electron chi connectivity index (χ4n) is 2.35. The summed E-state index contributed by atoms with van der Waals surface area (Å²) in [5, 5.41) is 1.64. The summed E-state index contributed by atoms with van der Waals surface area (Å²) in [7, 11) is 0. The van der Waals surface area contributed by atoms with Crippen molar-refractivity contribution in [3.8, 4) is 11.1 Å². The first-order chi connectivity index (χ1) is 12.1. The van der Waals surface area contributed by atoms with Gasteiger partial charge in [-0.2, -0.15) is 18.2 Å². The highest BCUT2D eigenvalue weighted by Gasteiger charge is 2.37. The van der Waals surface area contributed by atoms with Gasteiger partial charge in [-0.25, -0.2) is 18.2 Å². The van der Waals surface area contributed by atoms with E-state index in [2.05, 4.69) is 15.3 Å².